The summed E-state index contributed by atoms with van der Waals surface area (Å²) in [6, 6.07) is 12.3. The molecule has 2 heterocycles. The Morgan fingerprint density at radius 1 is 1.11 bits per heavy atom. The number of ether oxygens (including phenoxy) is 2. The number of nitriles is 1. The molecule has 4 rings (SSSR count). The maximum atomic E-state index is 13.0. The Balaban J connectivity index is 1.74. The zero-order valence-corrected chi connectivity index (χ0v) is 25.7. The van der Waals surface area contributed by atoms with Crippen molar-refractivity contribution in [1.29, 1.82) is 5.26 Å². The predicted molar refractivity (Wildman–Crippen MR) is 163 cm³/mol. The van der Waals surface area contributed by atoms with E-state index in [0.717, 1.165) is 22.5 Å². The number of fused-ring (bicyclic) bond motifs is 2. The van der Waals surface area contributed by atoms with E-state index in [1.807, 2.05) is 48.5 Å². The SMILES string of the molecule is Cc1ccc2c(c1)C(C)(C)C(/C=C/C(C#N)=C/C=C1/N(CCOC=O)c3ccc(OC(F)(F)F)cc3C1(C)C)=[N+]2CCC(=O)O. The minimum Gasteiger partial charge on any atom is -0.481 e. The van der Waals surface area contributed by atoms with Crippen LogP contribution in [0, 0.1) is 18.3 Å². The normalized spacial score (nSPS) is 17.8. The van der Waals surface area contributed by atoms with E-state index >= 15 is 0 Å². The van der Waals surface area contributed by atoms with Crippen molar-refractivity contribution in [3.05, 3.63) is 88.7 Å². The van der Waals surface area contributed by atoms with Gasteiger partial charge in [-0.15, -0.1) is 13.2 Å². The molecule has 0 bridgehead atoms. The van der Waals surface area contributed by atoms with Crippen LogP contribution >= 0.6 is 0 Å². The molecule has 0 unspecified atom stereocenters. The van der Waals surface area contributed by atoms with E-state index in [9.17, 15) is 33.1 Å². The van der Waals surface area contributed by atoms with Crippen molar-refractivity contribution in [1.82, 2.24) is 0 Å². The quantitative estimate of drug-likeness (QED) is 0.0990. The van der Waals surface area contributed by atoms with Gasteiger partial charge < -0.3 is 19.5 Å². The Hall–Kier alpha value is -4.85. The second-order valence-electron chi connectivity index (χ2n) is 11.9. The number of rotatable bonds is 11. The van der Waals surface area contributed by atoms with E-state index in [-0.39, 0.29) is 31.9 Å². The fourth-order valence-corrected chi connectivity index (χ4v) is 5.99. The van der Waals surface area contributed by atoms with Crippen LogP contribution < -0.4 is 9.64 Å². The van der Waals surface area contributed by atoms with Crippen molar-refractivity contribution in [2.75, 3.05) is 24.6 Å². The van der Waals surface area contributed by atoms with Gasteiger partial charge in [0.15, 0.2) is 12.3 Å². The highest BCUT2D eigenvalue weighted by molar-refractivity contribution is 6.03. The summed E-state index contributed by atoms with van der Waals surface area (Å²) in [5.74, 6) is -1.27. The molecule has 236 valence electrons. The van der Waals surface area contributed by atoms with Gasteiger partial charge in [0.2, 0.25) is 5.69 Å². The molecule has 0 aromatic heterocycles. The van der Waals surface area contributed by atoms with Crippen molar-refractivity contribution in [3.63, 3.8) is 0 Å². The van der Waals surface area contributed by atoms with E-state index in [2.05, 4.69) is 30.7 Å². The molecular formula is C34H35F3N3O5+. The van der Waals surface area contributed by atoms with Gasteiger partial charge in [0.25, 0.3) is 6.47 Å². The zero-order chi connectivity index (χ0) is 33.2. The van der Waals surface area contributed by atoms with E-state index in [4.69, 9.17) is 4.74 Å². The van der Waals surface area contributed by atoms with Crippen LogP contribution in [0.1, 0.15) is 50.8 Å². The van der Waals surface area contributed by atoms with Crippen molar-refractivity contribution in [2.45, 2.75) is 58.2 Å². The van der Waals surface area contributed by atoms with Gasteiger partial charge in [0.05, 0.1) is 23.6 Å². The molecule has 8 nitrogen and oxygen atoms in total. The van der Waals surface area contributed by atoms with Crippen molar-refractivity contribution in [2.24, 2.45) is 0 Å². The highest BCUT2D eigenvalue weighted by atomic mass is 19.4. The fourth-order valence-electron chi connectivity index (χ4n) is 5.99. The smallest absolute Gasteiger partial charge is 0.481 e. The van der Waals surface area contributed by atoms with Crippen LogP contribution in [0.25, 0.3) is 0 Å². The molecule has 11 heteroatoms. The summed E-state index contributed by atoms with van der Waals surface area (Å²) in [5, 5.41) is 19.4. The molecule has 0 saturated heterocycles. The predicted octanol–water partition coefficient (Wildman–Crippen LogP) is 6.61. The number of carbonyl (C=O) groups is 2. The van der Waals surface area contributed by atoms with Crippen LogP contribution in [0.5, 0.6) is 5.75 Å². The van der Waals surface area contributed by atoms with Crippen LogP contribution in [-0.4, -0.2) is 53.9 Å². The first-order valence-electron chi connectivity index (χ1n) is 14.3. The maximum absolute atomic E-state index is 13.0. The zero-order valence-electron chi connectivity index (χ0n) is 25.7. The average Bonchev–Trinajstić information content (AvgIpc) is 3.29. The van der Waals surface area contributed by atoms with Crippen LogP contribution in [-0.2, 0) is 25.2 Å². The maximum Gasteiger partial charge on any atom is 0.573 e. The van der Waals surface area contributed by atoms with E-state index < -0.39 is 23.2 Å². The molecule has 0 spiro atoms. The molecule has 0 radical (unpaired) electrons. The number of hydrogen-bond donors (Lipinski definition) is 1. The second-order valence-corrected chi connectivity index (χ2v) is 11.9. The molecule has 2 aromatic carbocycles. The van der Waals surface area contributed by atoms with Crippen molar-refractivity contribution in [3.8, 4) is 11.8 Å². The lowest BCUT2D eigenvalue weighted by molar-refractivity contribution is -0.436. The number of aryl methyl sites for hydroxylation is 1. The Morgan fingerprint density at radius 2 is 1.84 bits per heavy atom. The van der Waals surface area contributed by atoms with Crippen molar-refractivity contribution >= 4 is 29.5 Å². The molecule has 0 aliphatic carbocycles. The van der Waals surface area contributed by atoms with Gasteiger partial charge in [-0.3, -0.25) is 9.59 Å². The Morgan fingerprint density at radius 3 is 2.49 bits per heavy atom. The number of benzene rings is 2. The minimum atomic E-state index is -4.85. The Kier molecular flexibility index (Phi) is 9.28. The molecule has 0 amide bonds. The Bertz CT molecular complexity index is 1680. The van der Waals surface area contributed by atoms with Gasteiger partial charge in [-0.05, 0) is 68.8 Å². The lowest BCUT2D eigenvalue weighted by Crippen LogP contribution is -2.29. The highest BCUT2D eigenvalue weighted by Gasteiger charge is 2.44. The standard InChI is InChI=1S/C34H34F3N3O5/c1-22-6-10-27-25(18-22)32(2,3)29(39(27)15-14-31(42)43)12-7-23(20-38)8-13-30-33(4,5)26-19-24(45-34(35,36)37)9-11-28(26)40(30)16-17-44-21-41/h6-13,18-19,21H,14-17H2,1-5H3/p+1. The minimum absolute atomic E-state index is 0.0332. The van der Waals surface area contributed by atoms with Crippen LogP contribution in [0.4, 0.5) is 24.5 Å². The summed E-state index contributed by atoms with van der Waals surface area (Å²) in [6.45, 7) is 10.6. The Labute approximate surface area is 260 Å². The van der Waals surface area contributed by atoms with Gasteiger partial charge in [0.1, 0.15) is 18.8 Å². The number of carbonyl (C=O) groups excluding carboxylic acids is 1. The molecule has 1 N–H and O–H groups in total. The molecule has 0 atom stereocenters. The first-order valence-corrected chi connectivity index (χ1v) is 14.3. The number of allylic oxidation sites excluding steroid dienone is 6. The molecule has 0 saturated carbocycles. The molecule has 2 aliphatic heterocycles. The summed E-state index contributed by atoms with van der Waals surface area (Å²) < 4.78 is 49.9. The third-order valence-electron chi connectivity index (χ3n) is 8.16. The summed E-state index contributed by atoms with van der Waals surface area (Å²) in [6.07, 6.45) is 1.95. The average molecular weight is 623 g/mol. The molecule has 0 fully saturated rings. The van der Waals surface area contributed by atoms with Crippen LogP contribution in [0.15, 0.2) is 72.0 Å². The van der Waals surface area contributed by atoms with Gasteiger partial charge in [-0.1, -0.05) is 25.5 Å². The third-order valence-corrected chi connectivity index (χ3v) is 8.16. The van der Waals surface area contributed by atoms with E-state index in [1.165, 1.54) is 18.2 Å². The monoisotopic (exact) mass is 622 g/mol. The number of carboxylic acid groups (broad SMARTS) is 1. The molecule has 2 aromatic rings. The number of anilines is 1. The summed E-state index contributed by atoms with van der Waals surface area (Å²) >= 11 is 0. The van der Waals surface area contributed by atoms with E-state index in [0.29, 0.717) is 29.0 Å². The topological polar surface area (TPSA) is 103 Å². The van der Waals surface area contributed by atoms with E-state index in [1.54, 1.807) is 18.2 Å². The highest BCUT2D eigenvalue weighted by Crippen LogP contribution is 2.49. The number of halogens is 3. The number of carboxylic acids is 1. The lowest BCUT2D eigenvalue weighted by Gasteiger charge is -2.26. The third kappa shape index (κ3) is 6.95. The number of nitrogens with zero attached hydrogens (tertiary/aromatic N) is 3. The van der Waals surface area contributed by atoms with Gasteiger partial charge in [-0.2, -0.15) is 9.84 Å². The van der Waals surface area contributed by atoms with Gasteiger partial charge in [-0.25, -0.2) is 0 Å². The first-order chi connectivity index (χ1) is 21.1. The van der Waals surface area contributed by atoms with Gasteiger partial charge >= 0.3 is 12.3 Å². The van der Waals surface area contributed by atoms with Crippen LogP contribution in [0.3, 0.4) is 0 Å². The summed E-state index contributed by atoms with van der Waals surface area (Å²) in [7, 11) is 0. The van der Waals surface area contributed by atoms with Gasteiger partial charge in [0, 0.05) is 34.5 Å². The first kappa shape index (κ1) is 33.1. The molecule has 2 aliphatic rings. The number of hydrogen-bond acceptors (Lipinski definition) is 6. The fraction of sp³-hybridized carbons (Fsp3) is 0.353. The molecular weight excluding hydrogens is 587 g/mol. The summed E-state index contributed by atoms with van der Waals surface area (Å²) in [4.78, 5) is 24.1. The number of alkyl halides is 3. The number of aliphatic carboxylic acids is 1. The van der Waals surface area contributed by atoms with Crippen molar-refractivity contribution < 1.29 is 41.9 Å². The molecule has 45 heavy (non-hydrogen) atoms. The lowest BCUT2D eigenvalue weighted by atomic mass is 9.80. The largest absolute Gasteiger partial charge is 0.573 e. The summed E-state index contributed by atoms with van der Waals surface area (Å²) in [5.41, 5.74) is 4.83. The van der Waals surface area contributed by atoms with Crippen LogP contribution in [0.2, 0.25) is 0 Å². The second kappa shape index (κ2) is 12.6.